The van der Waals surface area contributed by atoms with Crippen molar-refractivity contribution in [3.8, 4) is 5.75 Å². The van der Waals surface area contributed by atoms with Gasteiger partial charge in [-0.05, 0) is 26.0 Å². The van der Waals surface area contributed by atoms with Gasteiger partial charge >= 0.3 is 5.63 Å². The van der Waals surface area contributed by atoms with Gasteiger partial charge in [-0.1, -0.05) is 12.1 Å². The summed E-state index contributed by atoms with van der Waals surface area (Å²) in [5.41, 5.74) is 0.646. The Kier molecular flexibility index (Phi) is 1.70. The maximum Gasteiger partial charge on any atom is 0.343 e. The zero-order valence-corrected chi connectivity index (χ0v) is 9.24. The number of fused-ring (bicyclic) bond motifs is 3. The Morgan fingerprint density at radius 2 is 2.00 bits per heavy atom. The first-order chi connectivity index (χ1) is 7.57. The second-order valence-corrected chi connectivity index (χ2v) is 4.73. The van der Waals surface area contributed by atoms with Gasteiger partial charge in [0.1, 0.15) is 16.9 Å². The molecule has 0 spiro atoms. The number of hydrogen-bond donors (Lipinski definition) is 0. The molecule has 0 saturated carbocycles. The third-order valence-electron chi connectivity index (χ3n) is 2.84. The molecule has 0 bridgehead atoms. The summed E-state index contributed by atoms with van der Waals surface area (Å²) in [7, 11) is 0. The van der Waals surface area contributed by atoms with Crippen molar-refractivity contribution in [2.45, 2.75) is 25.9 Å². The first-order valence-corrected chi connectivity index (χ1v) is 5.31. The van der Waals surface area contributed by atoms with E-state index < -0.39 is 0 Å². The van der Waals surface area contributed by atoms with Gasteiger partial charge < -0.3 is 9.15 Å². The van der Waals surface area contributed by atoms with Gasteiger partial charge in [-0.2, -0.15) is 0 Å². The molecule has 3 nitrogen and oxygen atoms in total. The summed E-state index contributed by atoms with van der Waals surface area (Å²) in [6.07, 6.45) is 0.607. The summed E-state index contributed by atoms with van der Waals surface area (Å²) < 4.78 is 11.1. The molecule has 2 aromatic rings. The molecule has 0 atom stereocenters. The first-order valence-electron chi connectivity index (χ1n) is 5.31. The highest BCUT2D eigenvalue weighted by Crippen LogP contribution is 2.37. The van der Waals surface area contributed by atoms with Gasteiger partial charge in [0.05, 0.1) is 10.9 Å². The van der Waals surface area contributed by atoms with Crippen molar-refractivity contribution in [2.75, 3.05) is 0 Å². The molecule has 16 heavy (non-hydrogen) atoms. The van der Waals surface area contributed by atoms with Crippen LogP contribution in [0.3, 0.4) is 0 Å². The fourth-order valence-electron chi connectivity index (χ4n) is 2.17. The summed E-state index contributed by atoms with van der Waals surface area (Å²) in [5, 5.41) is 0.877. The van der Waals surface area contributed by atoms with Crippen molar-refractivity contribution in [3.05, 3.63) is 40.2 Å². The van der Waals surface area contributed by atoms with Crippen LogP contribution in [0, 0.1) is 0 Å². The molecule has 1 aliphatic rings. The predicted molar refractivity (Wildman–Crippen MR) is 60.9 cm³/mol. The average molecular weight is 216 g/mol. The molecular weight excluding hydrogens is 204 g/mol. The van der Waals surface area contributed by atoms with Crippen LogP contribution in [0.1, 0.15) is 19.4 Å². The third-order valence-corrected chi connectivity index (χ3v) is 2.84. The molecule has 0 N–H and O–H groups in total. The fourth-order valence-corrected chi connectivity index (χ4v) is 2.17. The standard InChI is InChI=1S/C13H12O3/c1-13(2)7-9-11(16-13)8-5-3-4-6-10(8)15-12(9)14/h3-6H,7H2,1-2H3. The molecule has 1 aromatic heterocycles. The molecule has 0 saturated heterocycles. The highest BCUT2D eigenvalue weighted by molar-refractivity contribution is 5.85. The Hall–Kier alpha value is -1.77. The lowest BCUT2D eigenvalue weighted by Gasteiger charge is -2.17. The lowest BCUT2D eigenvalue weighted by Crippen LogP contribution is -2.25. The lowest BCUT2D eigenvalue weighted by atomic mass is 10.0. The second-order valence-electron chi connectivity index (χ2n) is 4.73. The maximum absolute atomic E-state index is 11.8. The largest absolute Gasteiger partial charge is 0.486 e. The number of hydrogen-bond acceptors (Lipinski definition) is 3. The van der Waals surface area contributed by atoms with Crippen LogP contribution >= 0.6 is 0 Å². The molecule has 1 aliphatic heterocycles. The summed E-state index contributed by atoms with van der Waals surface area (Å²) in [5.74, 6) is 0.692. The van der Waals surface area contributed by atoms with Crippen LogP contribution in [0.15, 0.2) is 33.5 Å². The van der Waals surface area contributed by atoms with Crippen LogP contribution in [0.4, 0.5) is 0 Å². The molecule has 82 valence electrons. The molecule has 1 aromatic carbocycles. The Bertz CT molecular complexity index is 623. The van der Waals surface area contributed by atoms with Crippen LogP contribution in [-0.2, 0) is 6.42 Å². The Labute approximate surface area is 92.6 Å². The normalized spacial score (nSPS) is 17.1. The van der Waals surface area contributed by atoms with Crippen LogP contribution in [0.5, 0.6) is 5.75 Å². The van der Waals surface area contributed by atoms with Gasteiger partial charge in [-0.3, -0.25) is 0 Å². The van der Waals surface area contributed by atoms with Crippen molar-refractivity contribution in [3.63, 3.8) is 0 Å². The highest BCUT2D eigenvalue weighted by Gasteiger charge is 2.34. The Morgan fingerprint density at radius 1 is 1.25 bits per heavy atom. The summed E-state index contributed by atoms with van der Waals surface area (Å²) in [6, 6.07) is 7.46. The molecule has 0 aliphatic carbocycles. The molecule has 0 amide bonds. The zero-order valence-electron chi connectivity index (χ0n) is 9.24. The van der Waals surface area contributed by atoms with Crippen molar-refractivity contribution in [2.24, 2.45) is 0 Å². The lowest BCUT2D eigenvalue weighted by molar-refractivity contribution is 0.140. The SMILES string of the molecule is CC1(C)Cc2c(c3ccccc3oc2=O)O1. The van der Waals surface area contributed by atoms with Crippen molar-refractivity contribution >= 4 is 11.0 Å². The van der Waals surface area contributed by atoms with E-state index in [4.69, 9.17) is 9.15 Å². The van der Waals surface area contributed by atoms with Gasteiger partial charge in [0.25, 0.3) is 0 Å². The van der Waals surface area contributed by atoms with Crippen LogP contribution in [0.25, 0.3) is 11.0 Å². The van der Waals surface area contributed by atoms with E-state index in [-0.39, 0.29) is 11.2 Å². The van der Waals surface area contributed by atoms with E-state index in [1.807, 2.05) is 32.0 Å². The van der Waals surface area contributed by atoms with Gasteiger partial charge in [0, 0.05) is 6.42 Å². The van der Waals surface area contributed by atoms with Crippen molar-refractivity contribution < 1.29 is 9.15 Å². The topological polar surface area (TPSA) is 39.4 Å². The monoisotopic (exact) mass is 216 g/mol. The number of rotatable bonds is 0. The van der Waals surface area contributed by atoms with Gasteiger partial charge in [0.15, 0.2) is 0 Å². The van der Waals surface area contributed by atoms with E-state index in [1.54, 1.807) is 6.07 Å². The van der Waals surface area contributed by atoms with Gasteiger partial charge in [-0.25, -0.2) is 4.79 Å². The van der Waals surface area contributed by atoms with E-state index in [0.717, 1.165) is 5.39 Å². The Balaban J connectivity index is 2.40. The minimum atomic E-state index is -0.318. The van der Waals surface area contributed by atoms with E-state index >= 15 is 0 Å². The van der Waals surface area contributed by atoms with E-state index in [9.17, 15) is 4.79 Å². The number of para-hydroxylation sites is 1. The fraction of sp³-hybridized carbons (Fsp3) is 0.308. The van der Waals surface area contributed by atoms with E-state index in [1.165, 1.54) is 0 Å². The molecule has 0 unspecified atom stereocenters. The molecule has 0 radical (unpaired) electrons. The van der Waals surface area contributed by atoms with Crippen LogP contribution in [-0.4, -0.2) is 5.60 Å². The highest BCUT2D eigenvalue weighted by atomic mass is 16.5. The average Bonchev–Trinajstić information content (AvgIpc) is 2.55. The van der Waals surface area contributed by atoms with Crippen molar-refractivity contribution in [1.82, 2.24) is 0 Å². The molecular formula is C13H12O3. The summed E-state index contributed by atoms with van der Waals surface area (Å²) >= 11 is 0. The van der Waals surface area contributed by atoms with Crippen molar-refractivity contribution in [1.29, 1.82) is 0 Å². The summed E-state index contributed by atoms with van der Waals surface area (Å²) in [6.45, 7) is 3.95. The maximum atomic E-state index is 11.8. The summed E-state index contributed by atoms with van der Waals surface area (Å²) in [4.78, 5) is 11.8. The minimum Gasteiger partial charge on any atom is -0.486 e. The molecule has 3 heteroatoms. The van der Waals surface area contributed by atoms with Gasteiger partial charge in [-0.15, -0.1) is 0 Å². The van der Waals surface area contributed by atoms with E-state index in [2.05, 4.69) is 0 Å². The third kappa shape index (κ3) is 1.24. The quantitative estimate of drug-likeness (QED) is 0.635. The first kappa shape index (κ1) is 9.46. The van der Waals surface area contributed by atoms with Gasteiger partial charge in [0.2, 0.25) is 0 Å². The molecule has 2 heterocycles. The zero-order chi connectivity index (χ0) is 11.3. The van der Waals surface area contributed by atoms with E-state index in [0.29, 0.717) is 23.3 Å². The smallest absolute Gasteiger partial charge is 0.343 e. The number of benzene rings is 1. The minimum absolute atomic E-state index is 0.278. The predicted octanol–water partition coefficient (Wildman–Crippen LogP) is 2.51. The molecule has 0 fully saturated rings. The molecule has 3 rings (SSSR count). The van der Waals surface area contributed by atoms with Crippen LogP contribution < -0.4 is 10.4 Å². The second kappa shape index (κ2) is 2.88. The Morgan fingerprint density at radius 3 is 2.81 bits per heavy atom. The number of ether oxygens (including phenoxy) is 1. The van der Waals surface area contributed by atoms with Crippen LogP contribution in [0.2, 0.25) is 0 Å².